The minimum atomic E-state index is -0.401. The molecule has 0 radical (unpaired) electrons. The van der Waals surface area contributed by atoms with Crippen molar-refractivity contribution in [1.82, 2.24) is 30.6 Å². The molecule has 2 aliphatic carbocycles. The number of aliphatic hydroxyl groups excluding tert-OH is 1. The molecule has 0 unspecified atom stereocenters. The predicted molar refractivity (Wildman–Crippen MR) is 168 cm³/mol. The summed E-state index contributed by atoms with van der Waals surface area (Å²) in [5.74, 6) is 0.370. The lowest BCUT2D eigenvalue weighted by atomic mass is 9.79. The van der Waals surface area contributed by atoms with Crippen molar-refractivity contribution in [2.24, 2.45) is 5.92 Å². The Bertz CT molecular complexity index is 1620. The first-order valence-corrected chi connectivity index (χ1v) is 15.9. The third-order valence-corrected chi connectivity index (χ3v) is 9.19. The van der Waals surface area contributed by atoms with Gasteiger partial charge in [-0.2, -0.15) is 0 Å². The van der Waals surface area contributed by atoms with Gasteiger partial charge in [-0.1, -0.05) is 17.4 Å². The number of benzene rings is 1. The number of pyridine rings is 1. The number of aliphatic hydroxyl groups is 1. The van der Waals surface area contributed by atoms with Crippen LogP contribution in [0.5, 0.6) is 0 Å². The van der Waals surface area contributed by atoms with Gasteiger partial charge in [0, 0.05) is 60.0 Å². The van der Waals surface area contributed by atoms with Gasteiger partial charge < -0.3 is 25.8 Å². The summed E-state index contributed by atoms with van der Waals surface area (Å²) in [4.78, 5) is 42.9. The molecule has 3 aromatic heterocycles. The van der Waals surface area contributed by atoms with Crippen molar-refractivity contribution >= 4 is 38.5 Å². The molecule has 4 N–H and O–H groups in total. The molecular weight excluding hydrogens is 578 g/mol. The van der Waals surface area contributed by atoms with Gasteiger partial charge >= 0.3 is 0 Å². The summed E-state index contributed by atoms with van der Waals surface area (Å²) in [5.41, 5.74) is 4.07. The maximum atomic E-state index is 12.9. The standard InChI is InChI=1S/C32H37N7O4S/c1-18-10-21(8-9-33-18)30(41)36-14-19(2)37-24-11-22(12-24)31(42)39-32-38-25-7-6-20(13-28(25)44-32)23-15-34-29(35-16-23)17-43-27-5-3-4-26(27)40/h6-10,13,15-16,19,22,24,26-27,37,40H,3-5,11-12,14,17H2,1-2H3,(H,36,41)(H,38,39,42)/t19-,22?,24?,26-,27-/m0/s1. The minimum absolute atomic E-state index is 0.0207. The normalized spacial score (nSPS) is 22.0. The number of aryl methyl sites for hydroxylation is 1. The van der Waals surface area contributed by atoms with Crippen molar-refractivity contribution in [3.63, 3.8) is 0 Å². The fourth-order valence-electron chi connectivity index (χ4n) is 5.69. The predicted octanol–water partition coefficient (Wildman–Crippen LogP) is 4.01. The lowest BCUT2D eigenvalue weighted by Crippen LogP contribution is -2.51. The smallest absolute Gasteiger partial charge is 0.251 e. The second-order valence-corrected chi connectivity index (χ2v) is 12.8. The molecule has 230 valence electrons. The lowest BCUT2D eigenvalue weighted by Gasteiger charge is -2.36. The molecule has 2 aliphatic rings. The molecule has 2 saturated carbocycles. The molecule has 4 aromatic rings. The molecule has 2 fully saturated rings. The Hall–Kier alpha value is -3.84. The van der Waals surface area contributed by atoms with E-state index < -0.39 is 6.10 Å². The summed E-state index contributed by atoms with van der Waals surface area (Å²) in [6, 6.07) is 9.73. The monoisotopic (exact) mass is 615 g/mol. The first kappa shape index (κ1) is 30.2. The van der Waals surface area contributed by atoms with Gasteiger partial charge in [0.1, 0.15) is 6.61 Å². The molecule has 2 amide bonds. The quantitative estimate of drug-likeness (QED) is 0.196. The Labute approximate surface area is 259 Å². The van der Waals surface area contributed by atoms with Crippen molar-refractivity contribution in [3.05, 3.63) is 66.0 Å². The number of anilines is 1. The van der Waals surface area contributed by atoms with Crippen LogP contribution in [0.25, 0.3) is 21.3 Å². The van der Waals surface area contributed by atoms with E-state index in [0.29, 0.717) is 23.1 Å². The van der Waals surface area contributed by atoms with Gasteiger partial charge in [0.15, 0.2) is 11.0 Å². The van der Waals surface area contributed by atoms with Crippen LogP contribution in [0.4, 0.5) is 5.13 Å². The fourth-order valence-corrected chi connectivity index (χ4v) is 6.60. The van der Waals surface area contributed by atoms with Gasteiger partial charge in [0.05, 0.1) is 22.4 Å². The number of hydrogen-bond acceptors (Lipinski definition) is 10. The number of nitrogens with zero attached hydrogens (tertiary/aromatic N) is 4. The molecular formula is C32H37N7O4S. The van der Waals surface area contributed by atoms with Crippen LogP contribution in [0, 0.1) is 12.8 Å². The van der Waals surface area contributed by atoms with E-state index in [4.69, 9.17) is 4.74 Å². The first-order chi connectivity index (χ1) is 21.3. The summed E-state index contributed by atoms with van der Waals surface area (Å²) in [7, 11) is 0. The summed E-state index contributed by atoms with van der Waals surface area (Å²) in [5, 5.41) is 20.0. The molecule has 3 atom stereocenters. The van der Waals surface area contributed by atoms with Crippen LogP contribution in [0.2, 0.25) is 0 Å². The van der Waals surface area contributed by atoms with Crippen LogP contribution >= 0.6 is 11.3 Å². The molecule has 0 bridgehead atoms. The third kappa shape index (κ3) is 7.27. The van der Waals surface area contributed by atoms with Crippen LogP contribution in [0.1, 0.15) is 60.9 Å². The highest BCUT2D eigenvalue weighted by molar-refractivity contribution is 7.22. The lowest BCUT2D eigenvalue weighted by molar-refractivity contribution is -0.123. The number of ether oxygens (including phenoxy) is 1. The summed E-state index contributed by atoms with van der Waals surface area (Å²) in [6.07, 6.45) is 8.76. The molecule has 12 heteroatoms. The molecule has 0 saturated heterocycles. The van der Waals surface area contributed by atoms with E-state index in [-0.39, 0.29) is 42.5 Å². The highest BCUT2D eigenvalue weighted by Crippen LogP contribution is 2.33. The van der Waals surface area contributed by atoms with Crippen molar-refractivity contribution in [3.8, 4) is 11.1 Å². The van der Waals surface area contributed by atoms with Gasteiger partial charge in [0.25, 0.3) is 5.91 Å². The van der Waals surface area contributed by atoms with Crippen LogP contribution in [0.15, 0.2) is 48.9 Å². The largest absolute Gasteiger partial charge is 0.390 e. The maximum Gasteiger partial charge on any atom is 0.251 e. The average molecular weight is 616 g/mol. The van der Waals surface area contributed by atoms with Crippen LogP contribution < -0.4 is 16.0 Å². The maximum absolute atomic E-state index is 12.9. The Morgan fingerprint density at radius 2 is 1.91 bits per heavy atom. The van der Waals surface area contributed by atoms with Gasteiger partial charge in [-0.05, 0) is 75.8 Å². The zero-order chi connectivity index (χ0) is 30.6. The Morgan fingerprint density at radius 1 is 1.09 bits per heavy atom. The SMILES string of the molecule is Cc1cc(C(=O)NC[C@H](C)NC2CC(C(=O)Nc3nc4ccc(-c5cnc(CO[C@H]6CCC[C@@H]6O)nc5)cc4s3)C2)ccn1. The van der Waals surface area contributed by atoms with Crippen LogP contribution in [-0.2, 0) is 16.1 Å². The van der Waals surface area contributed by atoms with Crippen molar-refractivity contribution < 1.29 is 19.4 Å². The molecule has 0 aliphatic heterocycles. The summed E-state index contributed by atoms with van der Waals surface area (Å²) < 4.78 is 6.75. The third-order valence-electron chi connectivity index (χ3n) is 8.26. The Morgan fingerprint density at radius 3 is 2.66 bits per heavy atom. The molecule has 1 aromatic carbocycles. The van der Waals surface area contributed by atoms with E-state index in [9.17, 15) is 14.7 Å². The molecule has 3 heterocycles. The Kier molecular flexibility index (Phi) is 9.22. The number of aromatic nitrogens is 4. The number of carbonyl (C=O) groups excluding carboxylic acids is 2. The molecule has 0 spiro atoms. The highest BCUT2D eigenvalue weighted by atomic mass is 32.1. The van der Waals surface area contributed by atoms with Gasteiger partial charge in [0.2, 0.25) is 5.91 Å². The average Bonchev–Trinajstić information content (AvgIpc) is 3.60. The number of nitrogens with one attached hydrogen (secondary N) is 3. The zero-order valence-electron chi connectivity index (χ0n) is 24.8. The second kappa shape index (κ2) is 13.4. The molecule has 11 nitrogen and oxygen atoms in total. The fraction of sp³-hybridized carbons (Fsp3) is 0.438. The van der Waals surface area contributed by atoms with E-state index in [1.165, 1.54) is 11.3 Å². The number of fused-ring (bicyclic) bond motifs is 1. The van der Waals surface area contributed by atoms with Crippen molar-refractivity contribution in [2.75, 3.05) is 11.9 Å². The Balaban J connectivity index is 0.957. The molecule has 6 rings (SSSR count). The minimum Gasteiger partial charge on any atom is -0.390 e. The topological polar surface area (TPSA) is 151 Å². The highest BCUT2D eigenvalue weighted by Gasteiger charge is 2.35. The molecule has 44 heavy (non-hydrogen) atoms. The zero-order valence-corrected chi connectivity index (χ0v) is 25.6. The number of carbonyl (C=O) groups is 2. The van der Waals surface area contributed by atoms with Crippen molar-refractivity contribution in [1.29, 1.82) is 0 Å². The van der Waals surface area contributed by atoms with Crippen LogP contribution in [0.3, 0.4) is 0 Å². The van der Waals surface area contributed by atoms with E-state index in [1.807, 2.05) is 32.0 Å². The summed E-state index contributed by atoms with van der Waals surface area (Å²) in [6.45, 7) is 4.66. The van der Waals surface area contributed by atoms with Crippen LogP contribution in [-0.4, -0.2) is 67.7 Å². The van der Waals surface area contributed by atoms with E-state index >= 15 is 0 Å². The number of amides is 2. The summed E-state index contributed by atoms with van der Waals surface area (Å²) >= 11 is 1.44. The van der Waals surface area contributed by atoms with Gasteiger partial charge in [-0.3, -0.25) is 14.6 Å². The number of rotatable bonds is 11. The number of hydrogen-bond donors (Lipinski definition) is 4. The number of thiazole rings is 1. The van der Waals surface area contributed by atoms with E-state index in [1.54, 1.807) is 30.7 Å². The van der Waals surface area contributed by atoms with Crippen molar-refractivity contribution in [2.45, 2.75) is 76.9 Å². The second-order valence-electron chi connectivity index (χ2n) is 11.8. The van der Waals surface area contributed by atoms with E-state index in [2.05, 4.69) is 35.9 Å². The van der Waals surface area contributed by atoms with Gasteiger partial charge in [-0.15, -0.1) is 0 Å². The first-order valence-electron chi connectivity index (χ1n) is 15.1. The van der Waals surface area contributed by atoms with Gasteiger partial charge in [-0.25, -0.2) is 15.0 Å². The van der Waals surface area contributed by atoms with E-state index in [0.717, 1.165) is 59.1 Å².